The van der Waals surface area contributed by atoms with Gasteiger partial charge in [-0.25, -0.2) is 0 Å². The fourth-order valence-electron chi connectivity index (χ4n) is 2.64. The van der Waals surface area contributed by atoms with Gasteiger partial charge in [0.2, 0.25) is 5.91 Å². The van der Waals surface area contributed by atoms with Crippen molar-refractivity contribution in [3.63, 3.8) is 0 Å². The van der Waals surface area contributed by atoms with Crippen LogP contribution in [0.5, 0.6) is 0 Å². The zero-order chi connectivity index (χ0) is 14.2. The number of alkyl halides is 1. The summed E-state index contributed by atoms with van der Waals surface area (Å²) in [6.07, 6.45) is 3.62. The van der Waals surface area contributed by atoms with Gasteiger partial charge in [-0.3, -0.25) is 4.79 Å². The highest BCUT2D eigenvalue weighted by Crippen LogP contribution is 2.11. The van der Waals surface area contributed by atoms with Crippen LogP contribution in [0.1, 0.15) is 24.8 Å². The highest BCUT2D eigenvalue weighted by molar-refractivity contribution is 6.17. The van der Waals surface area contributed by atoms with E-state index in [0.717, 1.165) is 50.3 Å². The van der Waals surface area contributed by atoms with E-state index in [4.69, 9.17) is 11.6 Å². The van der Waals surface area contributed by atoms with Gasteiger partial charge in [-0.1, -0.05) is 30.3 Å². The lowest BCUT2D eigenvalue weighted by Crippen LogP contribution is -2.45. The van der Waals surface area contributed by atoms with E-state index in [1.165, 1.54) is 0 Å². The monoisotopic (exact) mass is 294 g/mol. The molecule has 0 aliphatic carbocycles. The van der Waals surface area contributed by atoms with Gasteiger partial charge in [-0.2, -0.15) is 0 Å². The van der Waals surface area contributed by atoms with Crippen molar-refractivity contribution in [1.29, 1.82) is 0 Å². The first-order valence-electron chi connectivity index (χ1n) is 7.39. The summed E-state index contributed by atoms with van der Waals surface area (Å²) < 4.78 is 0. The molecule has 4 heteroatoms. The third-order valence-corrected chi connectivity index (χ3v) is 4.04. The summed E-state index contributed by atoms with van der Waals surface area (Å²) in [6, 6.07) is 10.2. The second-order valence-corrected chi connectivity index (χ2v) is 5.77. The lowest BCUT2D eigenvalue weighted by molar-refractivity contribution is -0.121. The molecule has 0 atom stereocenters. The molecule has 1 fully saturated rings. The SMILES string of the molecule is O=C(Cc1ccccc1)NC1CCN(CCCCl)CC1. The lowest BCUT2D eigenvalue weighted by atomic mass is 10.0. The summed E-state index contributed by atoms with van der Waals surface area (Å²) in [5.41, 5.74) is 1.07. The maximum Gasteiger partial charge on any atom is 0.224 e. The summed E-state index contributed by atoms with van der Waals surface area (Å²) in [4.78, 5) is 14.4. The molecule has 1 aliphatic heterocycles. The maximum atomic E-state index is 12.0. The Labute approximate surface area is 126 Å². The zero-order valence-corrected chi connectivity index (χ0v) is 12.6. The summed E-state index contributed by atoms with van der Waals surface area (Å²) in [6.45, 7) is 3.20. The molecule has 1 aromatic rings. The quantitative estimate of drug-likeness (QED) is 0.817. The van der Waals surface area contributed by atoms with E-state index in [0.29, 0.717) is 12.5 Å². The molecule has 1 N–H and O–H groups in total. The fraction of sp³-hybridized carbons (Fsp3) is 0.562. The van der Waals surface area contributed by atoms with E-state index in [1.807, 2.05) is 30.3 Å². The standard InChI is InChI=1S/C16H23ClN2O/c17-9-4-10-19-11-7-15(8-12-19)18-16(20)13-14-5-2-1-3-6-14/h1-3,5-6,15H,4,7-13H2,(H,18,20). The highest BCUT2D eigenvalue weighted by Gasteiger charge is 2.20. The molecule has 1 amide bonds. The average Bonchev–Trinajstić information content (AvgIpc) is 2.47. The largest absolute Gasteiger partial charge is 0.353 e. The molecule has 0 bridgehead atoms. The molecule has 20 heavy (non-hydrogen) atoms. The average molecular weight is 295 g/mol. The van der Waals surface area contributed by atoms with Crippen LogP contribution in [0.2, 0.25) is 0 Å². The number of carbonyl (C=O) groups is 1. The molecular formula is C16H23ClN2O. The molecule has 1 heterocycles. The van der Waals surface area contributed by atoms with Crippen molar-refractivity contribution in [3.8, 4) is 0 Å². The molecule has 0 radical (unpaired) electrons. The molecule has 0 aromatic heterocycles. The minimum Gasteiger partial charge on any atom is -0.353 e. The van der Waals surface area contributed by atoms with Gasteiger partial charge >= 0.3 is 0 Å². The van der Waals surface area contributed by atoms with Crippen molar-refractivity contribution >= 4 is 17.5 Å². The van der Waals surface area contributed by atoms with Gasteiger partial charge in [0.25, 0.3) is 0 Å². The minimum atomic E-state index is 0.135. The Hall–Kier alpha value is -1.06. The highest BCUT2D eigenvalue weighted by atomic mass is 35.5. The predicted octanol–water partition coefficient (Wildman–Crippen LogP) is 2.44. The fourth-order valence-corrected chi connectivity index (χ4v) is 2.76. The first-order valence-corrected chi connectivity index (χ1v) is 7.93. The van der Waals surface area contributed by atoms with Gasteiger partial charge in [0, 0.05) is 25.0 Å². The molecule has 0 spiro atoms. The number of likely N-dealkylation sites (tertiary alicyclic amines) is 1. The summed E-state index contributed by atoms with van der Waals surface area (Å²) in [5.74, 6) is 0.865. The van der Waals surface area contributed by atoms with E-state index in [1.54, 1.807) is 0 Å². The van der Waals surface area contributed by atoms with Crippen LogP contribution in [0.15, 0.2) is 30.3 Å². The van der Waals surface area contributed by atoms with E-state index in [2.05, 4.69) is 10.2 Å². The van der Waals surface area contributed by atoms with Crippen molar-refractivity contribution in [3.05, 3.63) is 35.9 Å². The van der Waals surface area contributed by atoms with E-state index in [-0.39, 0.29) is 5.91 Å². The van der Waals surface area contributed by atoms with Crippen LogP contribution in [0.4, 0.5) is 0 Å². The Morgan fingerprint density at radius 1 is 1.25 bits per heavy atom. The Kier molecular flexibility index (Phi) is 6.34. The second kappa shape index (κ2) is 8.28. The number of nitrogens with one attached hydrogen (secondary N) is 1. The van der Waals surface area contributed by atoms with Crippen LogP contribution in [-0.2, 0) is 11.2 Å². The first kappa shape index (κ1) is 15.3. The number of hydrogen-bond donors (Lipinski definition) is 1. The number of amides is 1. The number of rotatable bonds is 6. The molecule has 110 valence electrons. The zero-order valence-electron chi connectivity index (χ0n) is 11.9. The molecular weight excluding hydrogens is 272 g/mol. The summed E-state index contributed by atoms with van der Waals surface area (Å²) in [5, 5.41) is 3.15. The van der Waals surface area contributed by atoms with Crippen molar-refractivity contribution in [1.82, 2.24) is 10.2 Å². The Balaban J connectivity index is 1.68. The van der Waals surface area contributed by atoms with Gasteiger partial charge in [0.05, 0.1) is 6.42 Å². The van der Waals surface area contributed by atoms with Crippen molar-refractivity contribution in [2.45, 2.75) is 31.7 Å². The van der Waals surface area contributed by atoms with Crippen molar-refractivity contribution in [2.24, 2.45) is 0 Å². The molecule has 2 rings (SSSR count). The van der Waals surface area contributed by atoms with Crippen LogP contribution < -0.4 is 5.32 Å². The summed E-state index contributed by atoms with van der Waals surface area (Å²) >= 11 is 5.71. The van der Waals surface area contributed by atoms with E-state index in [9.17, 15) is 4.79 Å². The van der Waals surface area contributed by atoms with Gasteiger partial charge in [-0.15, -0.1) is 11.6 Å². The molecule has 1 aliphatic rings. The summed E-state index contributed by atoms with van der Waals surface area (Å²) in [7, 11) is 0. The van der Waals surface area contributed by atoms with Crippen molar-refractivity contribution in [2.75, 3.05) is 25.5 Å². The first-order chi connectivity index (χ1) is 9.78. The molecule has 3 nitrogen and oxygen atoms in total. The van der Waals surface area contributed by atoms with E-state index >= 15 is 0 Å². The third kappa shape index (κ3) is 5.14. The number of benzene rings is 1. The Bertz CT molecular complexity index is 402. The number of carbonyl (C=O) groups excluding carboxylic acids is 1. The minimum absolute atomic E-state index is 0.135. The molecule has 1 aromatic carbocycles. The topological polar surface area (TPSA) is 32.3 Å². The smallest absolute Gasteiger partial charge is 0.224 e. The number of hydrogen-bond acceptors (Lipinski definition) is 2. The predicted molar refractivity (Wildman–Crippen MR) is 83.1 cm³/mol. The lowest BCUT2D eigenvalue weighted by Gasteiger charge is -2.32. The van der Waals surface area contributed by atoms with Crippen LogP contribution >= 0.6 is 11.6 Å². The van der Waals surface area contributed by atoms with Crippen LogP contribution in [0.25, 0.3) is 0 Å². The van der Waals surface area contributed by atoms with Gasteiger partial charge in [-0.05, 0) is 31.4 Å². The number of halogens is 1. The normalized spacial score (nSPS) is 17.1. The Morgan fingerprint density at radius 2 is 1.95 bits per heavy atom. The molecule has 0 unspecified atom stereocenters. The van der Waals surface area contributed by atoms with E-state index < -0.39 is 0 Å². The molecule has 0 saturated carbocycles. The maximum absolute atomic E-state index is 12.0. The van der Waals surface area contributed by atoms with Gasteiger partial charge < -0.3 is 10.2 Å². The van der Waals surface area contributed by atoms with Crippen LogP contribution in [-0.4, -0.2) is 42.4 Å². The van der Waals surface area contributed by atoms with Crippen molar-refractivity contribution < 1.29 is 4.79 Å². The Morgan fingerprint density at radius 3 is 2.60 bits per heavy atom. The van der Waals surface area contributed by atoms with Crippen LogP contribution in [0.3, 0.4) is 0 Å². The number of nitrogens with zero attached hydrogens (tertiary/aromatic N) is 1. The van der Waals surface area contributed by atoms with Crippen LogP contribution in [0, 0.1) is 0 Å². The third-order valence-electron chi connectivity index (χ3n) is 3.77. The molecule has 1 saturated heterocycles. The number of piperidine rings is 1. The van der Waals surface area contributed by atoms with Gasteiger partial charge in [0.1, 0.15) is 0 Å². The second-order valence-electron chi connectivity index (χ2n) is 5.39. The van der Waals surface area contributed by atoms with Gasteiger partial charge in [0.15, 0.2) is 0 Å².